The number of aliphatic imine (C=N–C) groups is 2. The number of aliphatic hydroxyl groups excluding tert-OH is 2. The zero-order chi connectivity index (χ0) is 22.5. The summed E-state index contributed by atoms with van der Waals surface area (Å²) < 4.78 is 3.22. The summed E-state index contributed by atoms with van der Waals surface area (Å²) in [6, 6.07) is 0. The van der Waals surface area contributed by atoms with Crippen LogP contribution in [0.3, 0.4) is 0 Å². The van der Waals surface area contributed by atoms with Crippen molar-refractivity contribution in [1.82, 2.24) is 0 Å². The fraction of sp³-hybridized carbons (Fsp3) is 0.545. The van der Waals surface area contributed by atoms with Crippen LogP contribution < -0.4 is 44.6 Å². The van der Waals surface area contributed by atoms with Gasteiger partial charge >= 0.3 is 11.9 Å². The summed E-state index contributed by atoms with van der Waals surface area (Å²) in [5, 5.41) is 30.7. The van der Waals surface area contributed by atoms with Crippen LogP contribution in [0.5, 0.6) is 0 Å². The van der Waals surface area contributed by atoms with E-state index in [1.165, 1.54) is 0 Å². The lowest BCUT2D eigenvalue weighted by atomic mass is 10.9. The van der Waals surface area contributed by atoms with E-state index in [9.17, 15) is 0 Å². The minimum absolute atomic E-state index is 0.0267. The minimum atomic E-state index is -2.33. The molecule has 0 heterocycles. The Morgan fingerprint density at radius 2 is 0.846 bits per heavy atom. The monoisotopic (exact) mass is 384 g/mol. The Morgan fingerprint density at radius 3 is 0.885 bits per heavy atom. The molecule has 0 radical (unpaired) electrons. The van der Waals surface area contributed by atoms with Gasteiger partial charge in [-0.15, -0.1) is 0 Å². The number of carboxylic acid groups (broad SMARTS) is 2. The van der Waals surface area contributed by atoms with E-state index in [1.54, 1.807) is 37.3 Å². The molecule has 0 rings (SSSR count). The maximum atomic E-state index is 8.33. The molecule has 156 valence electrons. The van der Waals surface area contributed by atoms with Gasteiger partial charge in [0, 0.05) is 14.2 Å². The van der Waals surface area contributed by atoms with Gasteiger partial charge in [-0.2, -0.15) is 0 Å². The molecule has 0 amide bonds. The first kappa shape index (κ1) is 34.1. The predicted octanol–water partition coefficient (Wildman–Crippen LogP) is -7.54. The molecule has 15 heteroatoms. The lowest BCUT2D eigenvalue weighted by Crippen LogP contribution is -2.37. The van der Waals surface area contributed by atoms with E-state index >= 15 is 0 Å². The van der Waals surface area contributed by atoms with Crippen LogP contribution in [0.15, 0.2) is 9.98 Å². The highest BCUT2D eigenvalue weighted by molar-refractivity contribution is 5.90. The van der Waals surface area contributed by atoms with Crippen molar-refractivity contribution in [2.24, 2.45) is 44.4 Å². The van der Waals surface area contributed by atoms with Crippen molar-refractivity contribution >= 4 is 30.0 Å². The number of carbonyl (C=O) groups is 1. The molecule has 0 fully saturated rings. The number of nitrogens with two attached hydrogens (primary N) is 6. The van der Waals surface area contributed by atoms with Gasteiger partial charge in [-0.25, -0.2) is 0 Å². The third-order valence-electron chi connectivity index (χ3n) is 1.40. The van der Waals surface area contributed by atoms with Gasteiger partial charge in [0.15, 0.2) is 0 Å². The average molecular weight is 384 g/mol. The molecule has 26 heavy (non-hydrogen) atoms. The van der Waals surface area contributed by atoms with Gasteiger partial charge in [-0.1, -0.05) is 0 Å². The summed E-state index contributed by atoms with van der Waals surface area (Å²) in [6.45, 7) is 0. The molecule has 0 saturated heterocycles. The first-order chi connectivity index (χ1) is 11.8. The van der Waals surface area contributed by atoms with Crippen molar-refractivity contribution in [3.05, 3.63) is 0 Å². The maximum absolute atomic E-state index is 8.33. The van der Waals surface area contributed by atoms with Crippen LogP contribution in [-0.2, 0) is 0 Å². The average Bonchev–Trinajstić information content (AvgIpc) is 2.50. The quantitative estimate of drug-likeness (QED) is 0.110. The van der Waals surface area contributed by atoms with Crippen LogP contribution in [0.4, 0.5) is 4.79 Å². The third-order valence-corrected chi connectivity index (χ3v) is 1.40. The molecule has 0 spiro atoms. The summed E-state index contributed by atoms with van der Waals surface area (Å²) >= 11 is 0. The van der Waals surface area contributed by atoms with Gasteiger partial charge in [0.2, 0.25) is 0 Å². The second kappa shape index (κ2) is 23.9. The molecule has 0 bridgehead atoms. The van der Waals surface area contributed by atoms with Crippen molar-refractivity contribution in [3.63, 3.8) is 0 Å². The maximum Gasteiger partial charge on any atom is 0.387 e. The highest BCUT2D eigenvalue weighted by Gasteiger charge is 1.98. The van der Waals surface area contributed by atoms with E-state index in [4.69, 9.17) is 59.6 Å². The fourth-order valence-electron chi connectivity index (χ4n) is 0.465. The number of rotatable bonds is 0. The van der Waals surface area contributed by atoms with E-state index in [0.29, 0.717) is 11.9 Å². The van der Waals surface area contributed by atoms with Gasteiger partial charge in [0.25, 0.3) is 11.9 Å². The topological polar surface area (TPSA) is 291 Å². The predicted molar refractivity (Wildman–Crippen MR) is 95.9 cm³/mol. The van der Waals surface area contributed by atoms with Crippen LogP contribution in [0.25, 0.3) is 0 Å². The molecular formula is C11H32N10O5. The molecule has 0 atom stereocenters. The van der Waals surface area contributed by atoms with E-state index in [1.807, 2.05) is 0 Å². The van der Waals surface area contributed by atoms with Crippen LogP contribution in [0.2, 0.25) is 0 Å². The van der Waals surface area contributed by atoms with Gasteiger partial charge in [-0.05, 0) is 16.1 Å². The van der Waals surface area contributed by atoms with Crippen molar-refractivity contribution < 1.29 is 34.4 Å². The van der Waals surface area contributed by atoms with Crippen LogP contribution >= 0.6 is 0 Å². The van der Waals surface area contributed by atoms with Crippen molar-refractivity contribution in [2.45, 2.75) is 0 Å². The molecular weight excluding hydrogens is 352 g/mol. The zero-order valence-corrected chi connectivity index (χ0v) is 15.9. The fourth-order valence-corrected chi connectivity index (χ4v) is 0.465. The number of nitrogens with zero attached hydrogens (tertiary/aromatic N) is 4. The molecule has 0 aromatic heterocycles. The standard InChI is InChI=1S/2C4H11N5.CH2O3.2CH4O/c2*1-9(2)4(7)8-3(5)6;2-1(3)4;2*1-2/h2*1-2H3,(H5,5,6,7,8);(H2,2,3,4);2*2H,1H3. The summed E-state index contributed by atoms with van der Waals surface area (Å²) in [5.41, 5.74) is 30.8. The summed E-state index contributed by atoms with van der Waals surface area (Å²) in [4.78, 5) is 15.5. The summed E-state index contributed by atoms with van der Waals surface area (Å²) in [6.07, 6.45) is -2.33. The Morgan fingerprint density at radius 1 is 0.692 bits per heavy atom. The molecule has 0 saturated carbocycles. The zero-order valence-electron chi connectivity index (χ0n) is 15.9. The normalized spacial score (nSPS) is 7.08. The van der Waals surface area contributed by atoms with E-state index in [0.717, 1.165) is 14.2 Å². The third kappa shape index (κ3) is 49.8. The molecule has 0 aromatic rings. The van der Waals surface area contributed by atoms with Crippen LogP contribution in [-0.4, -0.2) is 91.8 Å². The number of hydrogen-bond donors (Lipinski definition) is 8. The second-order valence-electron chi connectivity index (χ2n) is 3.83. The van der Waals surface area contributed by atoms with Crippen molar-refractivity contribution in [3.8, 4) is 0 Å². The lowest BCUT2D eigenvalue weighted by Gasteiger charge is -1.96. The number of hydrogen-bond acceptors (Lipinski definition) is 5. The first-order valence-corrected chi connectivity index (χ1v) is 6.37. The van der Waals surface area contributed by atoms with Crippen LogP contribution in [0.1, 0.15) is 0 Å². The van der Waals surface area contributed by atoms with Crippen LogP contribution in [0, 0.1) is 0 Å². The SMILES string of the molecule is CO.CO.C[N+](C)=C(N)N=C(N)N.C[N+](C)=C(N)N=C(N)N.O=C([O-])[O-]. The van der Waals surface area contributed by atoms with Crippen molar-refractivity contribution in [1.29, 1.82) is 0 Å². The number of aliphatic hydroxyl groups is 2. The highest BCUT2D eigenvalue weighted by Crippen LogP contribution is 1.65. The summed E-state index contributed by atoms with van der Waals surface area (Å²) in [5.74, 6) is 0.549. The largest absolute Gasteiger partial charge is 0.652 e. The molecule has 0 aliphatic heterocycles. The molecule has 15 nitrogen and oxygen atoms in total. The Kier molecular flexibility index (Phi) is 31.4. The lowest BCUT2D eigenvalue weighted by molar-refractivity contribution is -0.466. The Balaban J connectivity index is -0.0000000813. The van der Waals surface area contributed by atoms with E-state index < -0.39 is 6.16 Å². The molecule has 14 N–H and O–H groups in total. The van der Waals surface area contributed by atoms with Crippen molar-refractivity contribution in [2.75, 3.05) is 42.4 Å². The Labute approximate surface area is 152 Å². The number of guanidine groups is 4. The van der Waals surface area contributed by atoms with Gasteiger partial charge < -0.3 is 48.2 Å². The second-order valence-corrected chi connectivity index (χ2v) is 3.83. The molecule has 0 aromatic carbocycles. The Bertz CT molecular complexity index is 430. The number of carbonyl (C=O) groups excluding carboxylic acids is 1. The van der Waals surface area contributed by atoms with Gasteiger partial charge in [0.1, 0.15) is 0 Å². The molecule has 0 aliphatic rings. The van der Waals surface area contributed by atoms with Gasteiger partial charge in [-0.3, -0.25) is 20.6 Å². The molecule has 0 unspecified atom stereocenters. The smallest absolute Gasteiger partial charge is 0.387 e. The summed E-state index contributed by atoms with van der Waals surface area (Å²) in [7, 11) is 9.01. The molecule has 0 aliphatic carbocycles. The van der Waals surface area contributed by atoms with E-state index in [2.05, 4.69) is 9.98 Å². The highest BCUT2D eigenvalue weighted by atomic mass is 16.6. The van der Waals surface area contributed by atoms with Gasteiger partial charge in [0.05, 0.1) is 28.2 Å². The first-order valence-electron chi connectivity index (χ1n) is 6.37. The Hall–Kier alpha value is -3.33. The minimum Gasteiger partial charge on any atom is -0.652 e. The van der Waals surface area contributed by atoms with E-state index in [-0.39, 0.29) is 11.9 Å².